The van der Waals surface area contributed by atoms with E-state index in [9.17, 15) is 9.59 Å². The van der Waals surface area contributed by atoms with Gasteiger partial charge in [0.1, 0.15) is 0 Å². The van der Waals surface area contributed by atoms with Crippen LogP contribution in [0.4, 0.5) is 0 Å². The third kappa shape index (κ3) is 5.92. The van der Waals surface area contributed by atoms with Crippen molar-refractivity contribution in [3.63, 3.8) is 0 Å². The minimum Gasteiger partial charge on any atom is -0.351 e. The molecule has 0 fully saturated rings. The molecule has 0 saturated heterocycles. The lowest BCUT2D eigenvalue weighted by molar-refractivity contribution is -0.122. The lowest BCUT2D eigenvalue weighted by Gasteiger charge is -2.20. The second-order valence-corrected chi connectivity index (χ2v) is 6.75. The average Bonchev–Trinajstić information content (AvgIpc) is 2.29. The number of nitrogens with one attached hydrogen (secondary N) is 2. The fraction of sp³-hybridized carbons (Fsp3) is 0.429. The minimum atomic E-state index is -0.292. The fourth-order valence-corrected chi connectivity index (χ4v) is 2.10. The minimum absolute atomic E-state index is 0.0989. The van der Waals surface area contributed by atoms with Gasteiger partial charge in [-0.3, -0.25) is 9.59 Å². The first-order valence-corrected chi connectivity index (χ1v) is 7.40. The smallest absolute Gasteiger partial charge is 0.252 e. The number of hydrogen-bond donors (Lipinski definition) is 2. The van der Waals surface area contributed by atoms with E-state index in [1.54, 1.807) is 18.2 Å². The quantitative estimate of drug-likeness (QED) is 0.865. The summed E-state index contributed by atoms with van der Waals surface area (Å²) in [5, 5.41) is 5.89. The molecule has 0 aliphatic rings. The fourth-order valence-electron chi connectivity index (χ4n) is 1.54. The number of amides is 2. The predicted molar refractivity (Wildman–Crippen MR) is 84.0 cm³/mol. The van der Waals surface area contributed by atoms with Gasteiger partial charge in [0.15, 0.2) is 0 Å². The molecule has 1 aromatic carbocycles. The Bertz CT molecular complexity index is 512. The van der Waals surface area contributed by atoms with Crippen LogP contribution in [0.5, 0.6) is 0 Å². The largest absolute Gasteiger partial charge is 0.351 e. The highest BCUT2D eigenvalue weighted by Gasteiger charge is 2.14. The second kappa shape index (κ2) is 7.09. The molecule has 0 atom stereocenters. The molecule has 6 heteroatoms. The van der Waals surface area contributed by atoms with Crippen molar-refractivity contribution in [1.29, 1.82) is 0 Å². The van der Waals surface area contributed by atoms with Gasteiger partial charge in [0.05, 0.1) is 10.6 Å². The molecule has 0 heterocycles. The van der Waals surface area contributed by atoms with Crippen molar-refractivity contribution < 1.29 is 9.59 Å². The van der Waals surface area contributed by atoms with Crippen molar-refractivity contribution >= 4 is 39.3 Å². The Hall–Kier alpha value is -1.07. The van der Waals surface area contributed by atoms with Gasteiger partial charge in [-0.1, -0.05) is 27.5 Å². The van der Waals surface area contributed by atoms with Gasteiger partial charge in [-0.15, -0.1) is 0 Å². The number of benzene rings is 1. The van der Waals surface area contributed by atoms with Gasteiger partial charge in [-0.05, 0) is 39.0 Å². The first-order valence-electron chi connectivity index (χ1n) is 6.23. The predicted octanol–water partition coefficient (Wildman–Crippen LogP) is 3.14. The van der Waals surface area contributed by atoms with E-state index in [0.717, 1.165) is 4.47 Å². The average molecular weight is 362 g/mol. The van der Waals surface area contributed by atoms with E-state index in [-0.39, 0.29) is 30.3 Å². The molecule has 0 aliphatic carbocycles. The van der Waals surface area contributed by atoms with Crippen LogP contribution in [0.2, 0.25) is 5.02 Å². The van der Waals surface area contributed by atoms with Crippen LogP contribution in [0, 0.1) is 0 Å². The molecule has 1 aromatic rings. The first-order chi connectivity index (χ1) is 9.19. The topological polar surface area (TPSA) is 58.2 Å². The summed E-state index contributed by atoms with van der Waals surface area (Å²) in [4.78, 5) is 23.5. The lowest BCUT2D eigenvalue weighted by atomic mass is 10.1. The number of halogens is 2. The van der Waals surface area contributed by atoms with Gasteiger partial charge in [-0.25, -0.2) is 0 Å². The van der Waals surface area contributed by atoms with Crippen LogP contribution in [0.25, 0.3) is 0 Å². The van der Waals surface area contributed by atoms with Crippen LogP contribution < -0.4 is 10.6 Å². The molecule has 0 aromatic heterocycles. The van der Waals surface area contributed by atoms with Crippen LogP contribution in [0.1, 0.15) is 37.6 Å². The summed E-state index contributed by atoms with van der Waals surface area (Å²) in [5.41, 5.74) is 0.117. The summed E-state index contributed by atoms with van der Waals surface area (Å²) in [6, 6.07) is 5.05. The number of carbonyl (C=O) groups excluding carboxylic acids is 2. The van der Waals surface area contributed by atoms with Gasteiger partial charge in [0, 0.05) is 23.0 Å². The lowest BCUT2D eigenvalue weighted by Crippen LogP contribution is -2.42. The van der Waals surface area contributed by atoms with E-state index in [4.69, 9.17) is 11.6 Å². The highest BCUT2D eigenvalue weighted by atomic mass is 79.9. The molecule has 0 radical (unpaired) electrons. The molecule has 0 unspecified atom stereocenters. The monoisotopic (exact) mass is 360 g/mol. The molecule has 1 rings (SSSR count). The summed E-state index contributed by atoms with van der Waals surface area (Å²) >= 11 is 9.24. The second-order valence-electron chi connectivity index (χ2n) is 5.43. The molecule has 4 nitrogen and oxygen atoms in total. The third-order valence-corrected chi connectivity index (χ3v) is 3.15. The van der Waals surface area contributed by atoms with Gasteiger partial charge in [0.2, 0.25) is 5.91 Å². The Morgan fingerprint density at radius 2 is 1.95 bits per heavy atom. The van der Waals surface area contributed by atoms with E-state index in [1.807, 2.05) is 20.8 Å². The van der Waals surface area contributed by atoms with Crippen LogP contribution in [0.3, 0.4) is 0 Å². The Balaban J connectivity index is 2.48. The molecule has 0 spiro atoms. The molecule has 2 amide bonds. The first kappa shape index (κ1) is 17.0. The zero-order chi connectivity index (χ0) is 15.3. The van der Waals surface area contributed by atoms with Crippen LogP contribution in [-0.4, -0.2) is 23.9 Å². The number of hydrogen-bond acceptors (Lipinski definition) is 2. The Morgan fingerprint density at radius 3 is 2.55 bits per heavy atom. The Labute approximate surface area is 132 Å². The Kier molecular flexibility index (Phi) is 6.02. The third-order valence-electron chi connectivity index (χ3n) is 2.33. The SMILES string of the molecule is CC(C)(C)NC(=O)CCNC(=O)c1cc(Br)ccc1Cl. The van der Waals surface area contributed by atoms with E-state index >= 15 is 0 Å². The zero-order valence-corrected chi connectivity index (χ0v) is 14.1. The maximum absolute atomic E-state index is 11.9. The number of carbonyl (C=O) groups is 2. The van der Waals surface area contributed by atoms with Crippen molar-refractivity contribution in [3.8, 4) is 0 Å². The maximum atomic E-state index is 11.9. The van der Waals surface area contributed by atoms with Crippen molar-refractivity contribution in [3.05, 3.63) is 33.3 Å². The molecule has 0 saturated carbocycles. The summed E-state index contributed by atoms with van der Waals surface area (Å²) in [6.07, 6.45) is 0.231. The molecule has 0 bridgehead atoms. The van der Waals surface area contributed by atoms with Crippen molar-refractivity contribution in [2.75, 3.05) is 6.54 Å². The highest BCUT2D eigenvalue weighted by Crippen LogP contribution is 2.20. The van der Waals surface area contributed by atoms with E-state index in [1.165, 1.54) is 0 Å². The van der Waals surface area contributed by atoms with Gasteiger partial charge >= 0.3 is 0 Å². The molecule has 20 heavy (non-hydrogen) atoms. The van der Waals surface area contributed by atoms with E-state index in [2.05, 4.69) is 26.6 Å². The number of rotatable bonds is 4. The summed E-state index contributed by atoms with van der Waals surface area (Å²) in [6.45, 7) is 5.99. The molecule has 2 N–H and O–H groups in total. The molecular weight excluding hydrogens is 344 g/mol. The van der Waals surface area contributed by atoms with Gasteiger partial charge < -0.3 is 10.6 Å². The highest BCUT2D eigenvalue weighted by molar-refractivity contribution is 9.10. The van der Waals surface area contributed by atoms with Crippen molar-refractivity contribution in [2.24, 2.45) is 0 Å². The standard InChI is InChI=1S/C14H18BrClN2O2/c1-14(2,3)18-12(19)6-7-17-13(20)10-8-9(15)4-5-11(10)16/h4-5,8H,6-7H2,1-3H3,(H,17,20)(H,18,19). The maximum Gasteiger partial charge on any atom is 0.252 e. The van der Waals surface area contributed by atoms with Crippen LogP contribution >= 0.6 is 27.5 Å². The zero-order valence-electron chi connectivity index (χ0n) is 11.7. The van der Waals surface area contributed by atoms with E-state index in [0.29, 0.717) is 10.6 Å². The van der Waals surface area contributed by atoms with Crippen LogP contribution in [0.15, 0.2) is 22.7 Å². The van der Waals surface area contributed by atoms with Gasteiger partial charge in [-0.2, -0.15) is 0 Å². The van der Waals surface area contributed by atoms with Crippen molar-refractivity contribution in [1.82, 2.24) is 10.6 Å². The normalized spacial score (nSPS) is 11.1. The van der Waals surface area contributed by atoms with Gasteiger partial charge in [0.25, 0.3) is 5.91 Å². The molecule has 110 valence electrons. The molecule has 0 aliphatic heterocycles. The van der Waals surface area contributed by atoms with E-state index < -0.39 is 0 Å². The molecular formula is C14H18BrClN2O2. The summed E-state index contributed by atoms with van der Waals surface area (Å²) in [5.74, 6) is -0.391. The Morgan fingerprint density at radius 1 is 1.30 bits per heavy atom. The summed E-state index contributed by atoms with van der Waals surface area (Å²) in [7, 11) is 0. The summed E-state index contributed by atoms with van der Waals surface area (Å²) < 4.78 is 0.775. The van der Waals surface area contributed by atoms with Crippen LogP contribution in [-0.2, 0) is 4.79 Å². The van der Waals surface area contributed by atoms with Crippen molar-refractivity contribution in [2.45, 2.75) is 32.7 Å².